The third-order valence-electron chi connectivity index (χ3n) is 5.36. The molecule has 33 heavy (non-hydrogen) atoms. The molecule has 1 atom stereocenters. The molecule has 0 amide bonds. The van der Waals surface area contributed by atoms with Crippen molar-refractivity contribution in [1.29, 1.82) is 0 Å². The predicted octanol–water partition coefficient (Wildman–Crippen LogP) is 4.24. The molecule has 170 valence electrons. The fraction of sp³-hybridized carbons (Fsp3) is 0.240. The van der Waals surface area contributed by atoms with Gasteiger partial charge in [0.05, 0.1) is 28.5 Å². The highest BCUT2D eigenvalue weighted by Crippen LogP contribution is 2.31. The third-order valence-corrected chi connectivity index (χ3v) is 7.83. The van der Waals surface area contributed by atoms with Gasteiger partial charge in [-0.15, -0.1) is 23.5 Å². The molecule has 0 fully saturated rings. The Morgan fingerprint density at radius 1 is 1.09 bits per heavy atom. The van der Waals surface area contributed by atoms with E-state index in [0.717, 1.165) is 20.9 Å². The van der Waals surface area contributed by atoms with Crippen molar-refractivity contribution in [2.45, 2.75) is 29.7 Å². The molecular formula is C25H24N2O3S3. The molecule has 0 N–H and O–H groups in total. The quantitative estimate of drug-likeness (QED) is 0.377. The largest absolute Gasteiger partial charge is 0.463 e. The van der Waals surface area contributed by atoms with Crippen LogP contribution in [0.1, 0.15) is 31.0 Å². The van der Waals surface area contributed by atoms with Gasteiger partial charge in [-0.1, -0.05) is 35.6 Å². The molecule has 4 rings (SSSR count). The Labute approximate surface area is 204 Å². The number of aromatic nitrogens is 1. The minimum atomic E-state index is -0.586. The van der Waals surface area contributed by atoms with Crippen LogP contribution in [0, 0.1) is 0 Å². The number of hydrogen-bond acceptors (Lipinski definition) is 7. The SMILES string of the molecule is CCOC(=O)C1=C(C)N=c2s/c(=C\c3ccc(SC)cc3)c(=O)n2[C@@H]1c1ccc(SC)cc1. The third kappa shape index (κ3) is 4.74. The van der Waals surface area contributed by atoms with Crippen molar-refractivity contribution in [2.24, 2.45) is 4.99 Å². The molecule has 0 aliphatic carbocycles. The van der Waals surface area contributed by atoms with Crippen molar-refractivity contribution in [1.82, 2.24) is 4.57 Å². The number of ether oxygens (including phenoxy) is 1. The van der Waals surface area contributed by atoms with Crippen LogP contribution in [0.5, 0.6) is 0 Å². The van der Waals surface area contributed by atoms with Crippen LogP contribution in [-0.4, -0.2) is 29.7 Å². The highest BCUT2D eigenvalue weighted by atomic mass is 32.2. The number of thioether (sulfide) groups is 2. The van der Waals surface area contributed by atoms with Gasteiger partial charge in [-0.2, -0.15) is 0 Å². The van der Waals surface area contributed by atoms with Crippen molar-refractivity contribution in [3.05, 3.63) is 90.6 Å². The zero-order valence-corrected chi connectivity index (χ0v) is 21.3. The van der Waals surface area contributed by atoms with Gasteiger partial charge in [0.25, 0.3) is 5.56 Å². The summed E-state index contributed by atoms with van der Waals surface area (Å²) in [5.41, 5.74) is 2.60. The lowest BCUT2D eigenvalue weighted by Gasteiger charge is -2.24. The lowest BCUT2D eigenvalue weighted by molar-refractivity contribution is -0.139. The first-order valence-electron chi connectivity index (χ1n) is 10.4. The second-order valence-corrected chi connectivity index (χ2v) is 10.1. The summed E-state index contributed by atoms with van der Waals surface area (Å²) < 4.78 is 7.55. The molecule has 1 aliphatic rings. The number of allylic oxidation sites excluding steroid dienone is 1. The first kappa shape index (κ1) is 23.6. The molecule has 5 nitrogen and oxygen atoms in total. The van der Waals surface area contributed by atoms with Gasteiger partial charge in [0, 0.05) is 9.79 Å². The maximum atomic E-state index is 13.6. The van der Waals surface area contributed by atoms with Crippen LogP contribution >= 0.6 is 34.9 Å². The predicted molar refractivity (Wildman–Crippen MR) is 137 cm³/mol. The smallest absolute Gasteiger partial charge is 0.338 e. The van der Waals surface area contributed by atoms with Crippen LogP contribution in [0.15, 0.2) is 79.4 Å². The van der Waals surface area contributed by atoms with Gasteiger partial charge in [-0.3, -0.25) is 9.36 Å². The van der Waals surface area contributed by atoms with E-state index in [1.165, 1.54) is 11.3 Å². The number of thiazole rings is 1. The zero-order valence-electron chi connectivity index (χ0n) is 18.8. The van der Waals surface area contributed by atoms with Gasteiger partial charge in [-0.25, -0.2) is 9.79 Å². The van der Waals surface area contributed by atoms with Crippen molar-refractivity contribution < 1.29 is 9.53 Å². The summed E-state index contributed by atoms with van der Waals surface area (Å²) >= 11 is 4.65. The number of hydrogen-bond donors (Lipinski definition) is 0. The van der Waals surface area contributed by atoms with E-state index in [0.29, 0.717) is 20.6 Å². The maximum absolute atomic E-state index is 13.6. The fourth-order valence-corrected chi connectivity index (χ4v) is 5.61. The topological polar surface area (TPSA) is 60.7 Å². The molecule has 1 aromatic heterocycles. The molecule has 0 bridgehead atoms. The Morgan fingerprint density at radius 3 is 2.27 bits per heavy atom. The number of esters is 1. The number of fused-ring (bicyclic) bond motifs is 1. The van der Waals surface area contributed by atoms with Crippen molar-refractivity contribution in [2.75, 3.05) is 19.1 Å². The van der Waals surface area contributed by atoms with Crippen LogP contribution in [0.3, 0.4) is 0 Å². The molecule has 2 aromatic carbocycles. The van der Waals surface area contributed by atoms with Crippen molar-refractivity contribution in [3.63, 3.8) is 0 Å². The zero-order chi connectivity index (χ0) is 23.5. The van der Waals surface area contributed by atoms with E-state index in [4.69, 9.17) is 4.74 Å². The summed E-state index contributed by atoms with van der Waals surface area (Å²) in [6.07, 6.45) is 5.92. The summed E-state index contributed by atoms with van der Waals surface area (Å²) in [5, 5.41) is 0. The van der Waals surface area contributed by atoms with E-state index < -0.39 is 12.0 Å². The van der Waals surface area contributed by atoms with E-state index in [1.54, 1.807) is 41.9 Å². The fourth-order valence-electron chi connectivity index (χ4n) is 3.74. The lowest BCUT2D eigenvalue weighted by atomic mass is 9.96. The molecule has 0 unspecified atom stereocenters. The normalized spacial score (nSPS) is 15.9. The average Bonchev–Trinajstić information content (AvgIpc) is 3.13. The minimum Gasteiger partial charge on any atom is -0.463 e. The van der Waals surface area contributed by atoms with Gasteiger partial charge in [0.1, 0.15) is 0 Å². The van der Waals surface area contributed by atoms with Gasteiger partial charge >= 0.3 is 5.97 Å². The van der Waals surface area contributed by atoms with Crippen LogP contribution in [0.2, 0.25) is 0 Å². The van der Waals surface area contributed by atoms with E-state index >= 15 is 0 Å². The first-order chi connectivity index (χ1) is 16.0. The van der Waals surface area contributed by atoms with Crippen LogP contribution in [0.4, 0.5) is 0 Å². The number of rotatable bonds is 6. The summed E-state index contributed by atoms with van der Waals surface area (Å²) in [7, 11) is 0. The Morgan fingerprint density at radius 2 is 1.70 bits per heavy atom. The first-order valence-corrected chi connectivity index (χ1v) is 13.7. The van der Waals surface area contributed by atoms with E-state index in [2.05, 4.69) is 4.99 Å². The van der Waals surface area contributed by atoms with Crippen LogP contribution in [-0.2, 0) is 9.53 Å². The van der Waals surface area contributed by atoms with E-state index in [-0.39, 0.29) is 12.2 Å². The summed E-state index contributed by atoms with van der Waals surface area (Å²) in [5.74, 6) is -0.445. The van der Waals surface area contributed by atoms with Crippen molar-refractivity contribution in [3.8, 4) is 0 Å². The van der Waals surface area contributed by atoms with Crippen LogP contribution in [0.25, 0.3) is 6.08 Å². The molecular weight excluding hydrogens is 472 g/mol. The number of carbonyl (C=O) groups excluding carboxylic acids is 1. The molecule has 2 heterocycles. The van der Waals surface area contributed by atoms with Crippen molar-refractivity contribution >= 4 is 46.9 Å². The summed E-state index contributed by atoms with van der Waals surface area (Å²) in [4.78, 5) is 34.0. The summed E-state index contributed by atoms with van der Waals surface area (Å²) in [6, 6.07) is 15.4. The van der Waals surface area contributed by atoms with E-state index in [9.17, 15) is 9.59 Å². The van der Waals surface area contributed by atoms with Gasteiger partial charge in [-0.05, 0) is 67.8 Å². The molecule has 0 saturated carbocycles. The summed E-state index contributed by atoms with van der Waals surface area (Å²) in [6.45, 7) is 3.82. The Kier molecular flexibility index (Phi) is 7.26. The Bertz CT molecular complexity index is 1380. The number of nitrogens with zero attached hydrogens (tertiary/aromatic N) is 2. The standard InChI is InChI=1S/C25H24N2O3S3/c1-5-30-24(29)21-15(2)26-25-27(22(21)17-8-12-19(32-4)13-9-17)23(28)20(33-25)14-16-6-10-18(31-3)11-7-16/h6-14,22H,5H2,1-4H3/b20-14-/t22-/m1/s1. The number of benzene rings is 2. The molecule has 0 saturated heterocycles. The second-order valence-electron chi connectivity index (χ2n) is 7.35. The van der Waals surface area contributed by atoms with E-state index in [1.807, 2.05) is 67.1 Å². The molecule has 0 radical (unpaired) electrons. The molecule has 3 aromatic rings. The molecule has 0 spiro atoms. The lowest BCUT2D eigenvalue weighted by Crippen LogP contribution is -2.39. The highest BCUT2D eigenvalue weighted by Gasteiger charge is 2.33. The van der Waals surface area contributed by atoms with Gasteiger partial charge in [0.2, 0.25) is 0 Å². The average molecular weight is 497 g/mol. The second kappa shape index (κ2) is 10.2. The monoisotopic (exact) mass is 496 g/mol. The number of carbonyl (C=O) groups is 1. The van der Waals surface area contributed by atoms with Gasteiger partial charge < -0.3 is 4.74 Å². The molecule has 8 heteroatoms. The van der Waals surface area contributed by atoms with Gasteiger partial charge in [0.15, 0.2) is 4.80 Å². The van der Waals surface area contributed by atoms with Crippen LogP contribution < -0.4 is 14.9 Å². The Hall–Kier alpha value is -2.55. The minimum absolute atomic E-state index is 0.166. The Balaban J connectivity index is 1.90. The molecule has 1 aliphatic heterocycles. The highest BCUT2D eigenvalue weighted by molar-refractivity contribution is 7.98. The maximum Gasteiger partial charge on any atom is 0.338 e.